The molecule has 2 aromatic heterocycles. The largest absolute Gasteiger partial charge is 0.378 e. The van der Waals surface area contributed by atoms with Crippen molar-refractivity contribution in [3.05, 3.63) is 41.0 Å². The van der Waals surface area contributed by atoms with Gasteiger partial charge in [-0.2, -0.15) is 0 Å². The first-order chi connectivity index (χ1) is 10.8. The molecular formula is C16H14ClN3OS. The van der Waals surface area contributed by atoms with Gasteiger partial charge in [-0.1, -0.05) is 29.8 Å². The van der Waals surface area contributed by atoms with E-state index in [-0.39, 0.29) is 0 Å². The number of fused-ring (bicyclic) bond motifs is 1. The lowest BCUT2D eigenvalue weighted by Crippen LogP contribution is -2.36. The molecule has 1 aliphatic rings. The first kappa shape index (κ1) is 13.9. The molecule has 0 atom stereocenters. The summed E-state index contributed by atoms with van der Waals surface area (Å²) in [4.78, 5) is 12.2. The molecule has 0 N–H and O–H groups in total. The topological polar surface area (TPSA) is 38.2 Å². The van der Waals surface area contributed by atoms with Crippen LogP contribution in [0.1, 0.15) is 0 Å². The molecule has 112 valence electrons. The summed E-state index contributed by atoms with van der Waals surface area (Å²) >= 11 is 8.01. The highest BCUT2D eigenvalue weighted by Crippen LogP contribution is 2.40. The molecule has 0 spiro atoms. The molecule has 0 amide bonds. The van der Waals surface area contributed by atoms with E-state index in [4.69, 9.17) is 16.3 Å². The highest BCUT2D eigenvalue weighted by molar-refractivity contribution is 7.17. The molecule has 3 aromatic rings. The van der Waals surface area contributed by atoms with Gasteiger partial charge in [0, 0.05) is 34.6 Å². The van der Waals surface area contributed by atoms with Crippen molar-refractivity contribution in [1.29, 1.82) is 0 Å². The second-order valence-corrected chi connectivity index (χ2v) is 6.37. The van der Waals surface area contributed by atoms with Crippen LogP contribution in [0, 0.1) is 0 Å². The monoisotopic (exact) mass is 331 g/mol. The number of hydrogen-bond acceptors (Lipinski definition) is 5. The standard InChI is InChI=1S/C16H14ClN3OS/c17-13-4-2-1-3-11(13)12-9-22-16-14(12)15(18-10-19-16)20-5-7-21-8-6-20/h1-4,9-10H,5-8H2. The summed E-state index contributed by atoms with van der Waals surface area (Å²) in [6.45, 7) is 3.17. The summed E-state index contributed by atoms with van der Waals surface area (Å²) in [6, 6.07) is 7.90. The molecular weight excluding hydrogens is 318 g/mol. The second-order valence-electron chi connectivity index (χ2n) is 5.11. The van der Waals surface area contributed by atoms with E-state index in [2.05, 4.69) is 20.2 Å². The Balaban J connectivity index is 1.91. The highest BCUT2D eigenvalue weighted by atomic mass is 35.5. The number of ether oxygens (including phenoxy) is 1. The Kier molecular flexibility index (Phi) is 3.70. The molecule has 6 heteroatoms. The first-order valence-corrected chi connectivity index (χ1v) is 8.40. The van der Waals surface area contributed by atoms with Crippen molar-refractivity contribution in [3.63, 3.8) is 0 Å². The van der Waals surface area contributed by atoms with Crippen molar-refractivity contribution in [3.8, 4) is 11.1 Å². The van der Waals surface area contributed by atoms with E-state index in [1.54, 1.807) is 17.7 Å². The Morgan fingerprint density at radius 3 is 2.73 bits per heavy atom. The highest BCUT2D eigenvalue weighted by Gasteiger charge is 2.20. The van der Waals surface area contributed by atoms with E-state index < -0.39 is 0 Å². The van der Waals surface area contributed by atoms with Crippen LogP contribution in [0.2, 0.25) is 5.02 Å². The summed E-state index contributed by atoms with van der Waals surface area (Å²) in [5, 5.41) is 3.95. The molecule has 22 heavy (non-hydrogen) atoms. The van der Waals surface area contributed by atoms with Crippen LogP contribution in [0.15, 0.2) is 36.0 Å². The first-order valence-electron chi connectivity index (χ1n) is 7.14. The van der Waals surface area contributed by atoms with Gasteiger partial charge in [0.25, 0.3) is 0 Å². The van der Waals surface area contributed by atoms with Crippen molar-refractivity contribution in [2.24, 2.45) is 0 Å². The van der Waals surface area contributed by atoms with Crippen LogP contribution in [-0.2, 0) is 4.74 Å². The molecule has 1 saturated heterocycles. The number of thiophene rings is 1. The molecule has 4 rings (SSSR count). The van der Waals surface area contributed by atoms with Gasteiger partial charge in [0.2, 0.25) is 0 Å². The van der Waals surface area contributed by atoms with E-state index in [1.807, 2.05) is 24.3 Å². The average molecular weight is 332 g/mol. The van der Waals surface area contributed by atoms with E-state index in [0.29, 0.717) is 0 Å². The van der Waals surface area contributed by atoms with Gasteiger partial charge in [0.05, 0.1) is 18.6 Å². The Morgan fingerprint density at radius 2 is 1.91 bits per heavy atom. The van der Waals surface area contributed by atoms with Crippen LogP contribution in [-0.4, -0.2) is 36.3 Å². The van der Waals surface area contributed by atoms with Crippen LogP contribution in [0.3, 0.4) is 0 Å². The Hall–Kier alpha value is -1.69. The van der Waals surface area contributed by atoms with Crippen molar-refractivity contribution < 1.29 is 4.74 Å². The van der Waals surface area contributed by atoms with Crippen molar-refractivity contribution in [2.75, 3.05) is 31.2 Å². The van der Waals surface area contributed by atoms with Gasteiger partial charge in [0.1, 0.15) is 17.0 Å². The zero-order valence-corrected chi connectivity index (χ0v) is 13.4. The van der Waals surface area contributed by atoms with Crippen LogP contribution in [0.25, 0.3) is 21.3 Å². The van der Waals surface area contributed by atoms with Crippen LogP contribution >= 0.6 is 22.9 Å². The molecule has 1 aliphatic heterocycles. The number of anilines is 1. The summed E-state index contributed by atoms with van der Waals surface area (Å²) in [6.07, 6.45) is 1.64. The minimum Gasteiger partial charge on any atom is -0.378 e. The Morgan fingerprint density at radius 1 is 1.09 bits per heavy atom. The van der Waals surface area contributed by atoms with E-state index in [1.165, 1.54) is 0 Å². The van der Waals surface area contributed by atoms with Crippen molar-refractivity contribution in [2.45, 2.75) is 0 Å². The third-order valence-corrected chi connectivity index (χ3v) is 5.04. The van der Waals surface area contributed by atoms with Gasteiger partial charge in [-0.3, -0.25) is 0 Å². The molecule has 1 fully saturated rings. The lowest BCUT2D eigenvalue weighted by Gasteiger charge is -2.28. The van der Waals surface area contributed by atoms with Gasteiger partial charge in [-0.05, 0) is 6.07 Å². The van der Waals surface area contributed by atoms with Crippen LogP contribution in [0.5, 0.6) is 0 Å². The van der Waals surface area contributed by atoms with E-state index in [0.717, 1.165) is 58.5 Å². The Labute approximate surface area is 137 Å². The maximum absolute atomic E-state index is 6.38. The molecule has 1 aromatic carbocycles. The molecule has 3 heterocycles. The predicted octanol–water partition coefficient (Wildman–Crippen LogP) is 3.85. The van der Waals surface area contributed by atoms with Crippen molar-refractivity contribution >= 4 is 39.0 Å². The fourth-order valence-electron chi connectivity index (χ4n) is 2.75. The van der Waals surface area contributed by atoms with Crippen molar-refractivity contribution in [1.82, 2.24) is 9.97 Å². The maximum atomic E-state index is 6.38. The Bertz CT molecular complexity index is 814. The molecule has 0 saturated carbocycles. The summed E-state index contributed by atoms with van der Waals surface area (Å²) in [5.74, 6) is 0.976. The molecule has 0 unspecified atom stereocenters. The number of rotatable bonds is 2. The zero-order valence-electron chi connectivity index (χ0n) is 11.8. The lowest BCUT2D eigenvalue weighted by atomic mass is 10.1. The third kappa shape index (κ3) is 2.35. The number of aromatic nitrogens is 2. The van der Waals surface area contributed by atoms with Gasteiger partial charge < -0.3 is 9.64 Å². The summed E-state index contributed by atoms with van der Waals surface area (Å²) in [7, 11) is 0. The number of nitrogens with zero attached hydrogens (tertiary/aromatic N) is 3. The minimum atomic E-state index is 0.733. The fourth-order valence-corrected chi connectivity index (χ4v) is 3.89. The minimum absolute atomic E-state index is 0.733. The zero-order chi connectivity index (χ0) is 14.9. The lowest BCUT2D eigenvalue weighted by molar-refractivity contribution is 0.122. The van der Waals surface area contributed by atoms with Gasteiger partial charge in [-0.25, -0.2) is 9.97 Å². The summed E-state index contributed by atoms with van der Waals surface area (Å²) in [5.41, 5.74) is 2.13. The number of morpholine rings is 1. The maximum Gasteiger partial charge on any atom is 0.141 e. The van der Waals surface area contributed by atoms with Gasteiger partial charge >= 0.3 is 0 Å². The van der Waals surface area contributed by atoms with Gasteiger partial charge in [-0.15, -0.1) is 11.3 Å². The fraction of sp³-hybridized carbons (Fsp3) is 0.250. The van der Waals surface area contributed by atoms with E-state index in [9.17, 15) is 0 Å². The molecule has 0 bridgehead atoms. The SMILES string of the molecule is Clc1ccccc1-c1csc2ncnc(N3CCOCC3)c12. The average Bonchev–Trinajstić information content (AvgIpc) is 3.00. The smallest absolute Gasteiger partial charge is 0.141 e. The van der Waals surface area contributed by atoms with Crippen LogP contribution < -0.4 is 4.90 Å². The quantitative estimate of drug-likeness (QED) is 0.715. The number of halogens is 1. The van der Waals surface area contributed by atoms with Gasteiger partial charge in [0.15, 0.2) is 0 Å². The molecule has 0 aliphatic carbocycles. The normalized spacial score (nSPS) is 15.4. The predicted molar refractivity (Wildman–Crippen MR) is 90.9 cm³/mol. The van der Waals surface area contributed by atoms with Crippen LogP contribution in [0.4, 0.5) is 5.82 Å². The van der Waals surface area contributed by atoms with E-state index >= 15 is 0 Å². The second kappa shape index (κ2) is 5.83. The third-order valence-electron chi connectivity index (χ3n) is 3.82. The molecule has 4 nitrogen and oxygen atoms in total. The molecule has 0 radical (unpaired) electrons. The number of benzene rings is 1. The summed E-state index contributed by atoms with van der Waals surface area (Å²) < 4.78 is 5.45. The number of hydrogen-bond donors (Lipinski definition) is 0.